The van der Waals surface area contributed by atoms with E-state index in [4.69, 9.17) is 11.1 Å². The van der Waals surface area contributed by atoms with Gasteiger partial charge in [0.2, 0.25) is 0 Å². The van der Waals surface area contributed by atoms with Crippen molar-refractivity contribution < 1.29 is 13.2 Å². The molecule has 8 heteroatoms. The maximum absolute atomic E-state index is 13.2. The molecule has 0 radical (unpaired) electrons. The van der Waals surface area contributed by atoms with E-state index in [9.17, 15) is 13.2 Å². The number of hydrogen-bond donors (Lipinski definition) is 3. The summed E-state index contributed by atoms with van der Waals surface area (Å²) in [5, 5.41) is 14.1. The first kappa shape index (κ1) is 15.6. The summed E-state index contributed by atoms with van der Waals surface area (Å²) >= 11 is 0. The van der Waals surface area contributed by atoms with Crippen LogP contribution in [0.1, 0.15) is 28.8 Å². The van der Waals surface area contributed by atoms with Crippen LogP contribution in [-0.2, 0) is 19.0 Å². The fourth-order valence-electron chi connectivity index (χ4n) is 3.57. The summed E-state index contributed by atoms with van der Waals surface area (Å²) in [6.45, 7) is 0. The molecular weight excluding hydrogens is 331 g/mol. The Balaban J connectivity index is 2.07. The number of alkyl halides is 3. The normalized spacial score (nSPS) is 14.0. The van der Waals surface area contributed by atoms with Crippen LogP contribution in [0.4, 0.5) is 18.9 Å². The zero-order valence-electron chi connectivity index (χ0n) is 13.0. The third-order valence-electron chi connectivity index (χ3n) is 4.60. The average Bonchev–Trinajstić information content (AvgIpc) is 3.23. The summed E-state index contributed by atoms with van der Waals surface area (Å²) in [6, 6.07) is 3.31. The van der Waals surface area contributed by atoms with Crippen molar-refractivity contribution in [1.82, 2.24) is 15.2 Å². The van der Waals surface area contributed by atoms with E-state index in [1.807, 2.05) is 0 Å². The van der Waals surface area contributed by atoms with E-state index < -0.39 is 11.9 Å². The summed E-state index contributed by atoms with van der Waals surface area (Å²) in [7, 11) is 0. The lowest BCUT2D eigenvalue weighted by molar-refractivity contribution is -0.140. The van der Waals surface area contributed by atoms with Crippen LogP contribution in [0.3, 0.4) is 0 Å². The predicted molar refractivity (Wildman–Crippen MR) is 88.6 cm³/mol. The van der Waals surface area contributed by atoms with Gasteiger partial charge in [0.15, 0.2) is 5.69 Å². The van der Waals surface area contributed by atoms with Crippen LogP contribution < -0.4 is 5.73 Å². The lowest BCUT2D eigenvalue weighted by atomic mass is 9.95. The molecule has 1 aromatic carbocycles. The Morgan fingerprint density at radius 1 is 1.20 bits per heavy atom. The second-order valence-electron chi connectivity index (χ2n) is 6.02. The van der Waals surface area contributed by atoms with Crippen molar-refractivity contribution >= 4 is 22.8 Å². The van der Waals surface area contributed by atoms with Crippen molar-refractivity contribution in [2.24, 2.45) is 0 Å². The molecule has 1 aliphatic rings. The van der Waals surface area contributed by atoms with E-state index in [1.165, 1.54) is 12.4 Å². The third kappa shape index (κ3) is 2.28. The SMILES string of the molecule is N=Cc1c(N)ccc2nc(-c3c[nH]nc3C(F)(F)F)c3c(c12)CCC3. The maximum Gasteiger partial charge on any atom is 0.435 e. The van der Waals surface area contributed by atoms with Crippen molar-refractivity contribution in [3.05, 3.63) is 40.7 Å². The minimum atomic E-state index is -4.56. The molecule has 4 N–H and O–H groups in total. The summed E-state index contributed by atoms with van der Waals surface area (Å²) in [4.78, 5) is 4.49. The van der Waals surface area contributed by atoms with Gasteiger partial charge in [-0.3, -0.25) is 5.10 Å². The number of aryl methyl sites for hydroxylation is 1. The Hall–Kier alpha value is -2.90. The van der Waals surface area contributed by atoms with Gasteiger partial charge in [0.25, 0.3) is 0 Å². The number of nitrogens with zero attached hydrogens (tertiary/aromatic N) is 2. The Kier molecular flexibility index (Phi) is 3.31. The Morgan fingerprint density at radius 2 is 1.96 bits per heavy atom. The van der Waals surface area contributed by atoms with Crippen LogP contribution in [0.5, 0.6) is 0 Å². The highest BCUT2D eigenvalue weighted by Crippen LogP contribution is 2.41. The van der Waals surface area contributed by atoms with Crippen LogP contribution in [0.25, 0.3) is 22.2 Å². The van der Waals surface area contributed by atoms with Gasteiger partial charge in [-0.05, 0) is 42.5 Å². The van der Waals surface area contributed by atoms with Crippen LogP contribution in [0.2, 0.25) is 0 Å². The molecule has 5 nitrogen and oxygen atoms in total. The molecule has 0 saturated carbocycles. The summed E-state index contributed by atoms with van der Waals surface area (Å²) in [5.74, 6) is 0. The number of nitrogen functional groups attached to an aromatic ring is 1. The number of halogens is 3. The van der Waals surface area contributed by atoms with Gasteiger partial charge >= 0.3 is 6.18 Å². The number of nitrogens with one attached hydrogen (secondary N) is 2. The van der Waals surface area contributed by atoms with E-state index in [-0.39, 0.29) is 5.56 Å². The molecule has 3 aromatic rings. The van der Waals surface area contributed by atoms with Crippen molar-refractivity contribution in [2.45, 2.75) is 25.4 Å². The summed E-state index contributed by atoms with van der Waals surface area (Å²) in [5.41, 5.74) is 8.55. The van der Waals surface area contributed by atoms with Gasteiger partial charge in [-0.15, -0.1) is 0 Å². The van der Waals surface area contributed by atoms with Crippen LogP contribution >= 0.6 is 0 Å². The fraction of sp³-hybridized carbons (Fsp3) is 0.235. The Morgan fingerprint density at radius 3 is 2.68 bits per heavy atom. The fourth-order valence-corrected chi connectivity index (χ4v) is 3.57. The molecule has 1 aliphatic carbocycles. The molecule has 2 aromatic heterocycles. The quantitative estimate of drug-likeness (QED) is 0.488. The number of fused-ring (bicyclic) bond motifs is 3. The van der Waals surface area contributed by atoms with Crippen LogP contribution in [0.15, 0.2) is 18.3 Å². The van der Waals surface area contributed by atoms with Crippen molar-refractivity contribution in [3.8, 4) is 11.3 Å². The minimum Gasteiger partial charge on any atom is -0.398 e. The molecule has 0 atom stereocenters. The van der Waals surface area contributed by atoms with Gasteiger partial charge in [-0.2, -0.15) is 18.3 Å². The maximum atomic E-state index is 13.2. The van der Waals surface area contributed by atoms with Crippen molar-refractivity contribution in [2.75, 3.05) is 5.73 Å². The molecule has 0 bridgehead atoms. The van der Waals surface area contributed by atoms with Gasteiger partial charge in [0.05, 0.1) is 16.8 Å². The first-order chi connectivity index (χ1) is 11.9. The van der Waals surface area contributed by atoms with Gasteiger partial charge in [0.1, 0.15) is 0 Å². The molecule has 2 heterocycles. The number of nitrogens with two attached hydrogens (primary N) is 1. The molecule has 0 saturated heterocycles. The van der Waals surface area contributed by atoms with E-state index in [2.05, 4.69) is 15.2 Å². The molecular formula is C17H14F3N5. The highest BCUT2D eigenvalue weighted by Gasteiger charge is 2.38. The smallest absolute Gasteiger partial charge is 0.398 e. The minimum absolute atomic E-state index is 0.0409. The highest BCUT2D eigenvalue weighted by atomic mass is 19.4. The number of aromatic nitrogens is 3. The van der Waals surface area contributed by atoms with Gasteiger partial charge in [-0.1, -0.05) is 0 Å². The van der Waals surface area contributed by atoms with E-state index in [1.54, 1.807) is 12.1 Å². The van der Waals surface area contributed by atoms with E-state index >= 15 is 0 Å². The average molecular weight is 345 g/mol. The van der Waals surface area contributed by atoms with Gasteiger partial charge in [-0.25, -0.2) is 4.98 Å². The molecule has 4 rings (SSSR count). The second-order valence-corrected chi connectivity index (χ2v) is 6.02. The number of pyridine rings is 1. The summed E-state index contributed by atoms with van der Waals surface area (Å²) in [6.07, 6.45) is 0.0570. The number of hydrogen-bond acceptors (Lipinski definition) is 4. The first-order valence-corrected chi connectivity index (χ1v) is 7.77. The zero-order chi connectivity index (χ0) is 17.8. The number of aromatic amines is 1. The van der Waals surface area contributed by atoms with Gasteiger partial charge in [0, 0.05) is 29.0 Å². The molecule has 0 amide bonds. The monoisotopic (exact) mass is 345 g/mol. The molecule has 0 spiro atoms. The topological polar surface area (TPSA) is 91.4 Å². The summed E-state index contributed by atoms with van der Waals surface area (Å²) < 4.78 is 39.7. The predicted octanol–water partition coefficient (Wildman–Crippen LogP) is 3.71. The molecule has 0 unspecified atom stereocenters. The van der Waals surface area contributed by atoms with Crippen molar-refractivity contribution in [1.29, 1.82) is 5.41 Å². The molecule has 25 heavy (non-hydrogen) atoms. The van der Waals surface area contributed by atoms with Gasteiger partial charge < -0.3 is 11.1 Å². The molecule has 0 aliphatic heterocycles. The lowest BCUT2D eigenvalue weighted by Crippen LogP contribution is -2.09. The van der Waals surface area contributed by atoms with Crippen molar-refractivity contribution in [3.63, 3.8) is 0 Å². The zero-order valence-corrected chi connectivity index (χ0v) is 13.0. The van der Waals surface area contributed by atoms with Crippen LogP contribution in [0, 0.1) is 5.41 Å². The second kappa shape index (κ2) is 5.30. The molecule has 128 valence electrons. The first-order valence-electron chi connectivity index (χ1n) is 7.77. The van der Waals surface area contributed by atoms with Crippen LogP contribution in [-0.4, -0.2) is 21.4 Å². The number of benzene rings is 1. The largest absolute Gasteiger partial charge is 0.435 e. The number of rotatable bonds is 2. The Bertz CT molecular complexity index is 1000. The van der Waals surface area contributed by atoms with E-state index in [0.717, 1.165) is 29.4 Å². The standard InChI is InChI=1S/C17H14F3N5/c18-17(19,20)16-11(7-23-25-16)15-9-3-1-2-8(9)14-10(6-21)12(22)4-5-13(14)24-15/h4-7,21H,1-3,22H2,(H,23,25). The molecule has 0 fully saturated rings. The lowest BCUT2D eigenvalue weighted by Gasteiger charge is -2.15. The van der Waals surface area contributed by atoms with E-state index in [0.29, 0.717) is 28.9 Å². The number of anilines is 1. The third-order valence-corrected chi connectivity index (χ3v) is 4.60. The number of H-pyrrole nitrogens is 1. The Labute approximate surface area is 140 Å². The highest BCUT2D eigenvalue weighted by molar-refractivity contribution is 6.05.